The fraction of sp³-hybridized carbons (Fsp3) is 0.500. The molecule has 0 bridgehead atoms. The maximum Gasteiger partial charge on any atom is 0.251 e. The predicted molar refractivity (Wildman–Crippen MR) is 77.0 cm³/mol. The van der Waals surface area contributed by atoms with Gasteiger partial charge in [-0.25, -0.2) is 0 Å². The number of carbonyl (C=O) groups excluding carboxylic acids is 1. The molecule has 2 rings (SSSR count). The van der Waals surface area contributed by atoms with Crippen molar-refractivity contribution in [3.63, 3.8) is 0 Å². The summed E-state index contributed by atoms with van der Waals surface area (Å²) in [6, 6.07) is 7.71. The van der Waals surface area contributed by atoms with Crippen LogP contribution in [0.5, 0.6) is 0 Å². The first kappa shape index (κ1) is 13.4. The number of nitrogens with two attached hydrogens (primary N) is 1. The molecule has 1 atom stereocenters. The van der Waals surface area contributed by atoms with Gasteiger partial charge in [-0.1, -0.05) is 18.2 Å². The summed E-state index contributed by atoms with van der Waals surface area (Å²) in [7, 11) is 0. The van der Waals surface area contributed by atoms with E-state index in [4.69, 9.17) is 5.73 Å². The molecular formula is C14H20N2OS. The van der Waals surface area contributed by atoms with Crippen LogP contribution in [0.15, 0.2) is 24.3 Å². The van der Waals surface area contributed by atoms with Gasteiger partial charge in [-0.15, -0.1) is 0 Å². The Hall–Kier alpha value is -1.00. The number of carbonyl (C=O) groups is 1. The number of benzene rings is 1. The van der Waals surface area contributed by atoms with Crippen LogP contribution in [-0.2, 0) is 6.42 Å². The molecule has 1 fully saturated rings. The van der Waals surface area contributed by atoms with Gasteiger partial charge in [-0.3, -0.25) is 4.79 Å². The van der Waals surface area contributed by atoms with Gasteiger partial charge in [-0.2, -0.15) is 11.8 Å². The first-order valence-corrected chi connectivity index (χ1v) is 7.54. The van der Waals surface area contributed by atoms with Crippen LogP contribution >= 0.6 is 11.8 Å². The first-order chi connectivity index (χ1) is 8.81. The lowest BCUT2D eigenvalue weighted by Crippen LogP contribution is -2.30. The summed E-state index contributed by atoms with van der Waals surface area (Å²) < 4.78 is 0. The fourth-order valence-electron chi connectivity index (χ4n) is 2.22. The summed E-state index contributed by atoms with van der Waals surface area (Å²) in [4.78, 5) is 12.1. The molecule has 3 N–H and O–H groups in total. The molecule has 0 spiro atoms. The van der Waals surface area contributed by atoms with Crippen LogP contribution in [-0.4, -0.2) is 30.0 Å². The average Bonchev–Trinajstić information content (AvgIpc) is 2.90. The van der Waals surface area contributed by atoms with E-state index in [0.717, 1.165) is 24.1 Å². The molecule has 3 nitrogen and oxygen atoms in total. The molecule has 1 aromatic carbocycles. The Balaban J connectivity index is 1.94. The minimum atomic E-state index is 0.0338. The van der Waals surface area contributed by atoms with E-state index in [1.54, 1.807) is 0 Å². The Morgan fingerprint density at radius 1 is 1.44 bits per heavy atom. The zero-order chi connectivity index (χ0) is 12.8. The third kappa shape index (κ3) is 3.50. The molecule has 1 unspecified atom stereocenters. The summed E-state index contributed by atoms with van der Waals surface area (Å²) in [5.74, 6) is 1.26. The zero-order valence-electron chi connectivity index (χ0n) is 10.5. The van der Waals surface area contributed by atoms with Crippen molar-refractivity contribution >= 4 is 17.7 Å². The number of hydrogen-bond acceptors (Lipinski definition) is 3. The lowest BCUT2D eigenvalue weighted by Gasteiger charge is -2.12. The highest BCUT2D eigenvalue weighted by atomic mass is 32.2. The maximum atomic E-state index is 12.1. The lowest BCUT2D eigenvalue weighted by atomic mass is 10.0. The van der Waals surface area contributed by atoms with Crippen molar-refractivity contribution in [2.45, 2.75) is 24.5 Å². The van der Waals surface area contributed by atoms with Crippen molar-refractivity contribution in [1.82, 2.24) is 5.32 Å². The van der Waals surface area contributed by atoms with Gasteiger partial charge in [-0.05, 0) is 43.2 Å². The molecule has 4 heteroatoms. The smallest absolute Gasteiger partial charge is 0.251 e. The quantitative estimate of drug-likeness (QED) is 0.853. The molecule has 18 heavy (non-hydrogen) atoms. The van der Waals surface area contributed by atoms with Crippen molar-refractivity contribution < 1.29 is 4.79 Å². The number of hydrogen-bond donors (Lipinski definition) is 2. The maximum absolute atomic E-state index is 12.1. The van der Waals surface area contributed by atoms with Crippen LogP contribution in [0.4, 0.5) is 0 Å². The number of thioether (sulfide) groups is 1. The minimum absolute atomic E-state index is 0.0338. The topological polar surface area (TPSA) is 55.1 Å². The normalized spacial score (nSPS) is 18.8. The Bertz CT molecular complexity index is 403. The minimum Gasteiger partial charge on any atom is -0.351 e. The van der Waals surface area contributed by atoms with Crippen molar-refractivity contribution in [3.8, 4) is 0 Å². The van der Waals surface area contributed by atoms with Crippen molar-refractivity contribution in [3.05, 3.63) is 35.4 Å². The van der Waals surface area contributed by atoms with E-state index < -0.39 is 0 Å². The first-order valence-electron chi connectivity index (χ1n) is 6.49. The van der Waals surface area contributed by atoms with E-state index in [0.29, 0.717) is 11.8 Å². The molecule has 1 aromatic rings. The van der Waals surface area contributed by atoms with Crippen LogP contribution in [0.1, 0.15) is 28.8 Å². The van der Waals surface area contributed by atoms with Crippen LogP contribution in [0.25, 0.3) is 0 Å². The van der Waals surface area contributed by atoms with E-state index in [1.807, 2.05) is 36.0 Å². The Morgan fingerprint density at radius 2 is 2.28 bits per heavy atom. The molecule has 1 aliphatic heterocycles. The van der Waals surface area contributed by atoms with E-state index >= 15 is 0 Å². The molecule has 98 valence electrons. The second-order valence-electron chi connectivity index (χ2n) is 4.54. The van der Waals surface area contributed by atoms with Gasteiger partial charge in [0.2, 0.25) is 0 Å². The molecule has 0 radical (unpaired) electrons. The molecule has 0 saturated carbocycles. The highest BCUT2D eigenvalue weighted by molar-refractivity contribution is 8.00. The van der Waals surface area contributed by atoms with Crippen LogP contribution in [0.3, 0.4) is 0 Å². The standard InChI is InChI=1S/C14H20N2OS/c15-8-7-11-4-1-2-6-13(11)14(17)16-10-12-5-3-9-18-12/h1-2,4,6,12H,3,5,7-10,15H2,(H,16,17). The highest BCUT2D eigenvalue weighted by Gasteiger charge is 2.17. The number of nitrogens with one attached hydrogen (secondary N) is 1. The fourth-order valence-corrected chi connectivity index (χ4v) is 3.42. The molecule has 1 amide bonds. The number of rotatable bonds is 5. The van der Waals surface area contributed by atoms with Gasteiger partial charge < -0.3 is 11.1 Å². The van der Waals surface area contributed by atoms with Crippen LogP contribution < -0.4 is 11.1 Å². The van der Waals surface area contributed by atoms with Gasteiger partial charge >= 0.3 is 0 Å². The average molecular weight is 264 g/mol. The van der Waals surface area contributed by atoms with Gasteiger partial charge in [0.25, 0.3) is 5.91 Å². The third-order valence-electron chi connectivity index (χ3n) is 3.19. The SMILES string of the molecule is NCCc1ccccc1C(=O)NCC1CCCS1. The van der Waals surface area contributed by atoms with Gasteiger partial charge in [0.15, 0.2) is 0 Å². The lowest BCUT2D eigenvalue weighted by molar-refractivity contribution is 0.0953. The van der Waals surface area contributed by atoms with Gasteiger partial charge in [0.1, 0.15) is 0 Å². The summed E-state index contributed by atoms with van der Waals surface area (Å²) in [6.07, 6.45) is 3.24. The van der Waals surface area contributed by atoms with E-state index in [-0.39, 0.29) is 5.91 Å². The predicted octanol–water partition coefficient (Wildman–Crippen LogP) is 1.81. The van der Waals surface area contributed by atoms with Crippen molar-refractivity contribution in [1.29, 1.82) is 0 Å². The molecule has 1 saturated heterocycles. The summed E-state index contributed by atoms with van der Waals surface area (Å²) in [5.41, 5.74) is 7.38. The molecule has 1 heterocycles. The zero-order valence-corrected chi connectivity index (χ0v) is 11.3. The second kappa shape index (κ2) is 6.81. The molecule has 0 aromatic heterocycles. The summed E-state index contributed by atoms with van der Waals surface area (Å²) in [5, 5.41) is 3.63. The third-order valence-corrected chi connectivity index (χ3v) is 4.59. The van der Waals surface area contributed by atoms with Gasteiger partial charge in [0, 0.05) is 17.4 Å². The largest absolute Gasteiger partial charge is 0.351 e. The van der Waals surface area contributed by atoms with Crippen molar-refractivity contribution in [2.24, 2.45) is 5.73 Å². The van der Waals surface area contributed by atoms with E-state index in [2.05, 4.69) is 5.32 Å². The van der Waals surface area contributed by atoms with E-state index in [9.17, 15) is 4.79 Å². The molecule has 0 aliphatic carbocycles. The summed E-state index contributed by atoms with van der Waals surface area (Å²) >= 11 is 1.96. The van der Waals surface area contributed by atoms with Gasteiger partial charge in [0.05, 0.1) is 0 Å². The second-order valence-corrected chi connectivity index (χ2v) is 5.95. The van der Waals surface area contributed by atoms with E-state index in [1.165, 1.54) is 18.6 Å². The van der Waals surface area contributed by atoms with Crippen LogP contribution in [0, 0.1) is 0 Å². The number of amides is 1. The van der Waals surface area contributed by atoms with Crippen LogP contribution in [0.2, 0.25) is 0 Å². The Labute approximate surface area is 113 Å². The molecular weight excluding hydrogens is 244 g/mol. The monoisotopic (exact) mass is 264 g/mol. The highest BCUT2D eigenvalue weighted by Crippen LogP contribution is 2.25. The molecule has 1 aliphatic rings. The van der Waals surface area contributed by atoms with Crippen molar-refractivity contribution in [2.75, 3.05) is 18.8 Å². The summed E-state index contributed by atoms with van der Waals surface area (Å²) in [6.45, 7) is 1.35. The Morgan fingerprint density at radius 3 is 3.00 bits per heavy atom. The Kier molecular flexibility index (Phi) is 5.08.